The molecule has 1 heterocycles. The zero-order valence-corrected chi connectivity index (χ0v) is 14.6. The molecule has 0 aliphatic rings. The van der Waals surface area contributed by atoms with E-state index >= 15 is 0 Å². The largest absolute Gasteiger partial charge is 0.433 e. The Balaban J connectivity index is 2.22. The molecular formula is C16H16F3N3O3S. The highest BCUT2D eigenvalue weighted by molar-refractivity contribution is 7.89. The van der Waals surface area contributed by atoms with Crippen LogP contribution in [0.1, 0.15) is 40.3 Å². The van der Waals surface area contributed by atoms with Crippen molar-refractivity contribution in [1.82, 2.24) is 10.3 Å². The lowest BCUT2D eigenvalue weighted by Crippen LogP contribution is -2.28. The smallest absolute Gasteiger partial charge is 0.345 e. The summed E-state index contributed by atoms with van der Waals surface area (Å²) in [4.78, 5) is 15.6. The summed E-state index contributed by atoms with van der Waals surface area (Å²) in [5, 5.41) is 7.67. The number of hydrogen-bond donors (Lipinski definition) is 2. The van der Waals surface area contributed by atoms with E-state index in [1.165, 1.54) is 25.1 Å². The van der Waals surface area contributed by atoms with E-state index in [1.54, 1.807) is 13.0 Å². The number of nitrogens with one attached hydrogen (secondary N) is 1. The molecule has 1 amide bonds. The lowest BCUT2D eigenvalue weighted by atomic mass is 10.1. The Morgan fingerprint density at radius 3 is 2.42 bits per heavy atom. The van der Waals surface area contributed by atoms with Crippen molar-refractivity contribution in [3.05, 3.63) is 58.9 Å². The summed E-state index contributed by atoms with van der Waals surface area (Å²) in [5.41, 5.74) is -0.682. The van der Waals surface area contributed by atoms with E-state index in [2.05, 4.69) is 10.3 Å². The van der Waals surface area contributed by atoms with Gasteiger partial charge in [-0.3, -0.25) is 4.79 Å². The summed E-state index contributed by atoms with van der Waals surface area (Å²) in [5.74, 6) is -0.628. The van der Waals surface area contributed by atoms with Crippen molar-refractivity contribution in [3.63, 3.8) is 0 Å². The Bertz CT molecular complexity index is 943. The van der Waals surface area contributed by atoms with E-state index in [-0.39, 0.29) is 16.2 Å². The Morgan fingerprint density at radius 1 is 1.23 bits per heavy atom. The van der Waals surface area contributed by atoms with Gasteiger partial charge in [-0.25, -0.2) is 18.5 Å². The zero-order chi connectivity index (χ0) is 19.7. The van der Waals surface area contributed by atoms with Crippen molar-refractivity contribution in [2.24, 2.45) is 5.14 Å². The molecule has 1 aromatic carbocycles. The van der Waals surface area contributed by atoms with Crippen LogP contribution in [0.4, 0.5) is 13.2 Å². The zero-order valence-electron chi connectivity index (χ0n) is 13.8. The highest BCUT2D eigenvalue weighted by atomic mass is 32.2. The number of rotatable bonds is 4. The first kappa shape index (κ1) is 19.9. The van der Waals surface area contributed by atoms with Gasteiger partial charge in [0.25, 0.3) is 5.91 Å². The maximum atomic E-state index is 12.6. The predicted octanol–water partition coefficient (Wildman–Crippen LogP) is 2.55. The summed E-state index contributed by atoms with van der Waals surface area (Å²) in [6.07, 6.45) is -4.60. The van der Waals surface area contributed by atoms with E-state index in [9.17, 15) is 26.4 Å². The quantitative estimate of drug-likeness (QED) is 0.842. The van der Waals surface area contributed by atoms with Gasteiger partial charge >= 0.3 is 6.18 Å². The number of pyridine rings is 1. The van der Waals surface area contributed by atoms with Gasteiger partial charge in [0.1, 0.15) is 5.69 Å². The number of amides is 1. The molecule has 3 N–H and O–H groups in total. The van der Waals surface area contributed by atoms with E-state index in [1.807, 2.05) is 0 Å². The van der Waals surface area contributed by atoms with Gasteiger partial charge in [-0.15, -0.1) is 0 Å². The highest BCUT2D eigenvalue weighted by Gasteiger charge is 2.33. The Hall–Kier alpha value is -2.46. The average Bonchev–Trinajstić information content (AvgIpc) is 2.53. The SMILES string of the molecule is Cc1nc(C(F)(F)F)ccc1C(=O)NC(C)c1cccc(S(N)(=O)=O)c1. The Labute approximate surface area is 148 Å². The van der Waals surface area contributed by atoms with Gasteiger partial charge in [-0.05, 0) is 43.7 Å². The van der Waals surface area contributed by atoms with Crippen LogP contribution in [0.5, 0.6) is 0 Å². The number of sulfonamides is 1. The first-order valence-electron chi connectivity index (χ1n) is 7.38. The van der Waals surface area contributed by atoms with Gasteiger partial charge in [0, 0.05) is 0 Å². The summed E-state index contributed by atoms with van der Waals surface area (Å²) < 4.78 is 60.7. The third-order valence-electron chi connectivity index (χ3n) is 3.66. The normalized spacial score (nSPS) is 13.3. The second kappa shape index (κ2) is 7.04. The minimum absolute atomic E-state index is 0.00699. The monoisotopic (exact) mass is 387 g/mol. The molecule has 0 fully saturated rings. The maximum Gasteiger partial charge on any atom is 0.433 e. The number of nitrogens with zero attached hydrogens (tertiary/aromatic N) is 1. The molecule has 0 bridgehead atoms. The molecule has 0 radical (unpaired) electrons. The molecule has 0 saturated carbocycles. The van der Waals surface area contributed by atoms with E-state index < -0.39 is 33.8 Å². The second-order valence-corrected chi connectivity index (χ2v) is 7.20. The van der Waals surface area contributed by atoms with E-state index in [4.69, 9.17) is 5.14 Å². The lowest BCUT2D eigenvalue weighted by molar-refractivity contribution is -0.141. The molecule has 2 rings (SSSR count). The van der Waals surface area contributed by atoms with Gasteiger partial charge in [-0.2, -0.15) is 13.2 Å². The van der Waals surface area contributed by atoms with Crippen molar-refractivity contribution in [3.8, 4) is 0 Å². The number of benzene rings is 1. The van der Waals surface area contributed by atoms with Crippen LogP contribution in [0.25, 0.3) is 0 Å². The fraction of sp³-hybridized carbons (Fsp3) is 0.250. The molecule has 1 unspecified atom stereocenters. The fourth-order valence-corrected chi connectivity index (χ4v) is 2.85. The molecule has 6 nitrogen and oxygen atoms in total. The molecule has 0 saturated heterocycles. The molecule has 1 aromatic heterocycles. The van der Waals surface area contributed by atoms with Crippen LogP contribution in [0, 0.1) is 6.92 Å². The van der Waals surface area contributed by atoms with Gasteiger partial charge in [0.05, 0.1) is 22.2 Å². The average molecular weight is 387 g/mol. The summed E-state index contributed by atoms with van der Waals surface area (Å²) in [6.45, 7) is 2.91. The van der Waals surface area contributed by atoms with Crippen molar-refractivity contribution in [2.75, 3.05) is 0 Å². The number of carbonyl (C=O) groups excluding carboxylic acids is 1. The molecule has 0 aliphatic carbocycles. The lowest BCUT2D eigenvalue weighted by Gasteiger charge is -2.16. The van der Waals surface area contributed by atoms with Crippen molar-refractivity contribution < 1.29 is 26.4 Å². The van der Waals surface area contributed by atoms with Crippen LogP contribution in [0.2, 0.25) is 0 Å². The van der Waals surface area contributed by atoms with Crippen molar-refractivity contribution >= 4 is 15.9 Å². The number of alkyl halides is 3. The Morgan fingerprint density at radius 2 is 1.88 bits per heavy atom. The highest BCUT2D eigenvalue weighted by Crippen LogP contribution is 2.28. The number of aryl methyl sites for hydroxylation is 1. The fourth-order valence-electron chi connectivity index (χ4n) is 2.28. The predicted molar refractivity (Wildman–Crippen MR) is 87.7 cm³/mol. The van der Waals surface area contributed by atoms with Crippen LogP contribution in [-0.4, -0.2) is 19.3 Å². The summed E-state index contributed by atoms with van der Waals surface area (Å²) >= 11 is 0. The number of primary sulfonamides is 1. The maximum absolute atomic E-state index is 12.6. The molecule has 0 aliphatic heterocycles. The van der Waals surface area contributed by atoms with Crippen LogP contribution >= 0.6 is 0 Å². The minimum atomic E-state index is -4.60. The molecule has 26 heavy (non-hydrogen) atoms. The molecule has 0 spiro atoms. The number of carbonyl (C=O) groups is 1. The Kier molecular flexibility index (Phi) is 5.38. The number of nitrogens with two attached hydrogens (primary N) is 1. The van der Waals surface area contributed by atoms with Gasteiger partial charge in [0.2, 0.25) is 10.0 Å². The van der Waals surface area contributed by atoms with Gasteiger partial charge in [0.15, 0.2) is 0 Å². The molecule has 140 valence electrons. The first-order chi connectivity index (χ1) is 11.9. The van der Waals surface area contributed by atoms with Crippen molar-refractivity contribution in [2.45, 2.75) is 31.0 Å². The van der Waals surface area contributed by atoms with Crippen LogP contribution in [0.15, 0.2) is 41.3 Å². The van der Waals surface area contributed by atoms with Crippen LogP contribution in [-0.2, 0) is 16.2 Å². The van der Waals surface area contributed by atoms with Crippen LogP contribution < -0.4 is 10.5 Å². The standard InChI is InChI=1S/C16H16F3N3O3S/c1-9(11-4-3-5-12(8-11)26(20,24)25)22-15(23)13-6-7-14(16(17,18)19)21-10(13)2/h3-9H,1-2H3,(H,22,23)(H2,20,24,25). The van der Waals surface area contributed by atoms with E-state index in [0.29, 0.717) is 5.56 Å². The minimum Gasteiger partial charge on any atom is -0.345 e. The van der Waals surface area contributed by atoms with Gasteiger partial charge < -0.3 is 5.32 Å². The third-order valence-corrected chi connectivity index (χ3v) is 4.57. The van der Waals surface area contributed by atoms with E-state index in [0.717, 1.165) is 12.1 Å². The number of halogens is 3. The molecular weight excluding hydrogens is 371 g/mol. The summed E-state index contributed by atoms with van der Waals surface area (Å²) in [6, 6.07) is 6.88. The third kappa shape index (κ3) is 4.58. The van der Waals surface area contributed by atoms with Gasteiger partial charge in [-0.1, -0.05) is 12.1 Å². The molecule has 10 heteroatoms. The van der Waals surface area contributed by atoms with Crippen LogP contribution in [0.3, 0.4) is 0 Å². The summed E-state index contributed by atoms with van der Waals surface area (Å²) in [7, 11) is -3.89. The number of hydrogen-bond acceptors (Lipinski definition) is 4. The van der Waals surface area contributed by atoms with Crippen molar-refractivity contribution in [1.29, 1.82) is 0 Å². The molecule has 1 atom stereocenters. The first-order valence-corrected chi connectivity index (χ1v) is 8.92. The topological polar surface area (TPSA) is 102 Å². The number of aromatic nitrogens is 1. The molecule has 2 aromatic rings. The second-order valence-electron chi connectivity index (χ2n) is 5.64.